The van der Waals surface area contributed by atoms with Crippen LogP contribution >= 0.6 is 0 Å². The molecule has 0 saturated heterocycles. The minimum Gasteiger partial charge on any atom is -0.479 e. The SMILES string of the molecule is CC(C)C(CCNC(=O)OCC1c2ccccc2-c2ccccc21)CCC(=O)N(C)OCC(=O)O. The fourth-order valence-electron chi connectivity index (χ4n) is 4.51. The number of nitrogens with one attached hydrogen (secondary N) is 1. The van der Waals surface area contributed by atoms with Crippen LogP contribution in [0.1, 0.15) is 50.2 Å². The lowest BCUT2D eigenvalue weighted by Gasteiger charge is -2.22. The Labute approximate surface area is 206 Å². The lowest BCUT2D eigenvalue weighted by atomic mass is 9.88. The van der Waals surface area contributed by atoms with Crippen LogP contribution in [0, 0.1) is 11.8 Å². The lowest BCUT2D eigenvalue weighted by molar-refractivity contribution is -0.186. The van der Waals surface area contributed by atoms with Gasteiger partial charge in [0.15, 0.2) is 6.61 Å². The number of carbonyl (C=O) groups excluding carboxylic acids is 2. The molecule has 3 rings (SSSR count). The minimum absolute atomic E-state index is 0.0166. The molecule has 1 aliphatic rings. The maximum Gasteiger partial charge on any atom is 0.407 e. The molecule has 35 heavy (non-hydrogen) atoms. The highest BCUT2D eigenvalue weighted by Gasteiger charge is 2.29. The molecule has 2 aromatic rings. The van der Waals surface area contributed by atoms with Crippen molar-refractivity contribution in [2.24, 2.45) is 11.8 Å². The third-order valence-electron chi connectivity index (χ3n) is 6.53. The number of hydroxylamine groups is 2. The maximum atomic E-state index is 12.4. The van der Waals surface area contributed by atoms with E-state index in [9.17, 15) is 14.4 Å². The van der Waals surface area contributed by atoms with Crippen molar-refractivity contribution in [3.05, 3.63) is 59.7 Å². The molecule has 8 nitrogen and oxygen atoms in total. The number of carbonyl (C=O) groups is 3. The van der Waals surface area contributed by atoms with Crippen molar-refractivity contribution in [1.82, 2.24) is 10.4 Å². The lowest BCUT2D eigenvalue weighted by Crippen LogP contribution is -2.31. The number of hydrogen-bond acceptors (Lipinski definition) is 5. The average molecular weight is 483 g/mol. The van der Waals surface area contributed by atoms with Gasteiger partial charge in [0.1, 0.15) is 6.61 Å². The Balaban J connectivity index is 1.44. The quantitative estimate of drug-likeness (QED) is 0.433. The Morgan fingerprint density at radius 2 is 1.60 bits per heavy atom. The Morgan fingerprint density at radius 3 is 2.17 bits per heavy atom. The van der Waals surface area contributed by atoms with Crippen molar-refractivity contribution < 1.29 is 29.1 Å². The molecular weight excluding hydrogens is 448 g/mol. The van der Waals surface area contributed by atoms with E-state index in [2.05, 4.69) is 43.4 Å². The summed E-state index contributed by atoms with van der Waals surface area (Å²) in [5.41, 5.74) is 4.71. The molecule has 0 fully saturated rings. The summed E-state index contributed by atoms with van der Waals surface area (Å²) in [6.45, 7) is 4.31. The van der Waals surface area contributed by atoms with Gasteiger partial charge in [0.25, 0.3) is 0 Å². The van der Waals surface area contributed by atoms with Crippen molar-refractivity contribution in [3.63, 3.8) is 0 Å². The van der Waals surface area contributed by atoms with E-state index < -0.39 is 18.7 Å². The molecule has 188 valence electrons. The summed E-state index contributed by atoms with van der Waals surface area (Å²) in [6, 6.07) is 16.4. The van der Waals surface area contributed by atoms with E-state index in [1.165, 1.54) is 29.3 Å². The van der Waals surface area contributed by atoms with E-state index in [1.807, 2.05) is 24.3 Å². The van der Waals surface area contributed by atoms with Crippen molar-refractivity contribution >= 4 is 18.0 Å². The second-order valence-corrected chi connectivity index (χ2v) is 9.14. The van der Waals surface area contributed by atoms with E-state index in [4.69, 9.17) is 14.7 Å². The van der Waals surface area contributed by atoms with Gasteiger partial charge in [-0.25, -0.2) is 14.7 Å². The highest BCUT2D eigenvalue weighted by molar-refractivity contribution is 5.79. The number of alkyl carbamates (subject to hydrolysis) is 1. The number of amides is 2. The van der Waals surface area contributed by atoms with Crippen molar-refractivity contribution in [2.75, 3.05) is 26.8 Å². The zero-order valence-corrected chi connectivity index (χ0v) is 20.5. The fourth-order valence-corrected chi connectivity index (χ4v) is 4.51. The van der Waals surface area contributed by atoms with Crippen LogP contribution in [0.4, 0.5) is 4.79 Å². The number of aliphatic carboxylic acids is 1. The third-order valence-corrected chi connectivity index (χ3v) is 6.53. The third kappa shape index (κ3) is 7.05. The van der Waals surface area contributed by atoms with Crippen LogP contribution in [0.2, 0.25) is 0 Å². The van der Waals surface area contributed by atoms with Gasteiger partial charge in [0, 0.05) is 25.9 Å². The Morgan fingerprint density at radius 1 is 1.00 bits per heavy atom. The Bertz CT molecular complexity index is 992. The molecule has 8 heteroatoms. The smallest absolute Gasteiger partial charge is 0.407 e. The topological polar surface area (TPSA) is 105 Å². The number of carboxylic acid groups (broad SMARTS) is 1. The molecule has 0 aliphatic heterocycles. The van der Waals surface area contributed by atoms with E-state index >= 15 is 0 Å². The molecule has 0 heterocycles. The van der Waals surface area contributed by atoms with Crippen LogP contribution in [-0.2, 0) is 19.2 Å². The molecule has 2 aromatic carbocycles. The van der Waals surface area contributed by atoms with E-state index in [1.54, 1.807) is 0 Å². The molecule has 2 amide bonds. The van der Waals surface area contributed by atoms with Crippen LogP contribution in [0.5, 0.6) is 0 Å². The van der Waals surface area contributed by atoms with Crippen LogP contribution in [-0.4, -0.2) is 54.9 Å². The molecule has 0 bridgehead atoms. The van der Waals surface area contributed by atoms with Gasteiger partial charge < -0.3 is 15.2 Å². The summed E-state index contributed by atoms with van der Waals surface area (Å²) in [7, 11) is 1.41. The fraction of sp³-hybridized carbons (Fsp3) is 0.444. The first kappa shape index (κ1) is 26.2. The molecule has 0 radical (unpaired) electrons. The van der Waals surface area contributed by atoms with Crippen LogP contribution < -0.4 is 5.32 Å². The maximum absolute atomic E-state index is 12.4. The van der Waals surface area contributed by atoms with E-state index in [0.717, 1.165) is 5.06 Å². The first-order chi connectivity index (χ1) is 16.8. The predicted molar refractivity (Wildman–Crippen MR) is 132 cm³/mol. The number of carboxylic acids is 1. The Kier molecular flexibility index (Phi) is 9.25. The molecule has 1 atom stereocenters. The Hall–Kier alpha value is -3.39. The summed E-state index contributed by atoms with van der Waals surface area (Å²) in [6.07, 6.45) is 1.11. The highest BCUT2D eigenvalue weighted by Crippen LogP contribution is 2.44. The van der Waals surface area contributed by atoms with Gasteiger partial charge in [-0.05, 0) is 46.9 Å². The average Bonchev–Trinajstić information content (AvgIpc) is 3.16. The number of hydrogen-bond donors (Lipinski definition) is 2. The van der Waals surface area contributed by atoms with E-state index in [-0.39, 0.29) is 30.8 Å². The number of fused-ring (bicyclic) bond motifs is 3. The highest BCUT2D eigenvalue weighted by atomic mass is 16.7. The molecule has 2 N–H and O–H groups in total. The largest absolute Gasteiger partial charge is 0.479 e. The standard InChI is InChI=1S/C27H34N2O6/c1-18(2)19(12-13-25(30)29(3)35-17-26(31)32)14-15-28-27(33)34-16-24-22-10-6-4-8-20(22)21-9-5-7-11-23(21)24/h4-11,18-19,24H,12-17H2,1-3H3,(H,28,33)(H,31,32). The predicted octanol–water partition coefficient (Wildman–Crippen LogP) is 4.44. The van der Waals surface area contributed by atoms with E-state index in [0.29, 0.717) is 25.3 Å². The number of ether oxygens (including phenoxy) is 1. The van der Waals surface area contributed by atoms with Gasteiger partial charge in [-0.15, -0.1) is 0 Å². The number of rotatable bonds is 12. The summed E-state index contributed by atoms with van der Waals surface area (Å²) >= 11 is 0. The number of nitrogens with zero attached hydrogens (tertiary/aromatic N) is 1. The monoisotopic (exact) mass is 482 g/mol. The van der Waals surface area contributed by atoms with Crippen molar-refractivity contribution in [1.29, 1.82) is 0 Å². The molecule has 0 aromatic heterocycles. The first-order valence-electron chi connectivity index (χ1n) is 12.0. The normalized spacial score (nSPS) is 13.1. The van der Waals surface area contributed by atoms with Crippen LogP contribution in [0.25, 0.3) is 11.1 Å². The molecule has 1 unspecified atom stereocenters. The van der Waals surface area contributed by atoms with Gasteiger partial charge in [-0.2, -0.15) is 0 Å². The van der Waals surface area contributed by atoms with Crippen LogP contribution in [0.3, 0.4) is 0 Å². The molecule has 0 saturated carbocycles. The van der Waals surface area contributed by atoms with Gasteiger partial charge in [0.2, 0.25) is 5.91 Å². The molecule has 0 spiro atoms. The minimum atomic E-state index is -1.14. The molecular formula is C27H34N2O6. The second kappa shape index (κ2) is 12.4. The summed E-state index contributed by atoms with van der Waals surface area (Å²) in [5.74, 6) is -0.869. The van der Waals surface area contributed by atoms with Gasteiger partial charge >= 0.3 is 12.1 Å². The first-order valence-corrected chi connectivity index (χ1v) is 12.0. The zero-order chi connectivity index (χ0) is 25.4. The number of benzene rings is 2. The van der Waals surface area contributed by atoms with Gasteiger partial charge in [-0.3, -0.25) is 9.63 Å². The molecule has 1 aliphatic carbocycles. The van der Waals surface area contributed by atoms with Crippen LogP contribution in [0.15, 0.2) is 48.5 Å². The van der Waals surface area contributed by atoms with Crippen molar-refractivity contribution in [3.8, 4) is 11.1 Å². The van der Waals surface area contributed by atoms with Gasteiger partial charge in [0.05, 0.1) is 0 Å². The van der Waals surface area contributed by atoms with Crippen molar-refractivity contribution in [2.45, 2.75) is 39.0 Å². The summed E-state index contributed by atoms with van der Waals surface area (Å²) in [5, 5.41) is 12.5. The summed E-state index contributed by atoms with van der Waals surface area (Å²) in [4.78, 5) is 40.0. The zero-order valence-electron chi connectivity index (χ0n) is 20.5. The second-order valence-electron chi connectivity index (χ2n) is 9.14. The van der Waals surface area contributed by atoms with Gasteiger partial charge in [-0.1, -0.05) is 62.4 Å². The summed E-state index contributed by atoms with van der Waals surface area (Å²) < 4.78 is 5.58.